The van der Waals surface area contributed by atoms with Crippen molar-refractivity contribution in [2.45, 2.75) is 20.3 Å². The normalized spacial score (nSPS) is 9.12. The molecule has 2 nitrogen and oxygen atoms in total. The van der Waals surface area contributed by atoms with E-state index >= 15 is 0 Å². The van der Waals surface area contributed by atoms with Gasteiger partial charge in [0.05, 0.1) is 0 Å². The molecule has 16 heavy (non-hydrogen) atoms. The fraction of sp³-hybridized carbons (Fsp3) is 0.214. The fourth-order valence-electron chi connectivity index (χ4n) is 1.41. The van der Waals surface area contributed by atoms with E-state index in [4.69, 9.17) is 0 Å². The second-order valence-corrected chi connectivity index (χ2v) is 3.50. The molecular weight excluding hydrogens is 198 g/mol. The molecule has 0 unspecified atom stereocenters. The molecule has 0 aliphatic carbocycles. The minimum Gasteiger partial charge on any atom is -0.328 e. The van der Waals surface area contributed by atoms with Gasteiger partial charge in [-0.05, 0) is 11.5 Å². The van der Waals surface area contributed by atoms with E-state index in [2.05, 4.69) is 19.2 Å². The summed E-state index contributed by atoms with van der Waals surface area (Å²) in [5.41, 5.74) is 0.855. The van der Waals surface area contributed by atoms with Crippen LogP contribution in [0.2, 0.25) is 0 Å². The van der Waals surface area contributed by atoms with Crippen LogP contribution in [0.1, 0.15) is 20.3 Å². The summed E-state index contributed by atoms with van der Waals surface area (Å²) in [6.45, 7) is 4.25. The molecule has 2 aromatic rings. The van der Waals surface area contributed by atoms with Gasteiger partial charge in [-0.1, -0.05) is 56.7 Å². The molecule has 0 heterocycles. The monoisotopic (exact) mass is 215 g/mol. The van der Waals surface area contributed by atoms with Crippen LogP contribution in [0.3, 0.4) is 0 Å². The van der Waals surface area contributed by atoms with Crippen molar-refractivity contribution in [3.05, 3.63) is 42.5 Å². The number of nitrogens with one attached hydrogen (secondary N) is 1. The minimum atomic E-state index is 0.696. The van der Waals surface area contributed by atoms with Crippen LogP contribution in [-0.4, -0.2) is 6.41 Å². The first-order chi connectivity index (χ1) is 7.83. The lowest BCUT2D eigenvalue weighted by atomic mass is 10.1. The maximum atomic E-state index is 10.3. The van der Waals surface area contributed by atoms with Gasteiger partial charge < -0.3 is 5.32 Å². The van der Waals surface area contributed by atoms with Crippen molar-refractivity contribution in [1.82, 2.24) is 0 Å². The Morgan fingerprint density at radius 1 is 1.06 bits per heavy atom. The standard InChI is InChI=1S/C11H9NO.C3H8/c13-8-12-11-7-3-5-9-4-1-2-6-10(9)11;1-3-2/h1-8H,(H,12,13);3H2,1-2H3. The molecule has 0 bridgehead atoms. The summed E-state index contributed by atoms with van der Waals surface area (Å²) in [5, 5.41) is 4.87. The molecule has 2 aromatic carbocycles. The lowest BCUT2D eigenvalue weighted by Crippen LogP contribution is -1.93. The van der Waals surface area contributed by atoms with Crippen molar-refractivity contribution in [1.29, 1.82) is 0 Å². The van der Waals surface area contributed by atoms with Gasteiger partial charge in [-0.2, -0.15) is 0 Å². The Kier molecular flexibility index (Phi) is 5.06. The third kappa shape index (κ3) is 3.09. The molecule has 84 valence electrons. The Balaban J connectivity index is 0.000000386. The van der Waals surface area contributed by atoms with Gasteiger partial charge in [0.15, 0.2) is 0 Å². The van der Waals surface area contributed by atoms with E-state index in [0.717, 1.165) is 16.5 Å². The number of hydrogen-bond donors (Lipinski definition) is 1. The van der Waals surface area contributed by atoms with Crippen LogP contribution in [-0.2, 0) is 4.79 Å². The number of carbonyl (C=O) groups is 1. The first-order valence-electron chi connectivity index (χ1n) is 5.51. The van der Waals surface area contributed by atoms with Gasteiger partial charge in [-0.25, -0.2) is 0 Å². The molecular formula is C14H17NO. The number of anilines is 1. The highest BCUT2D eigenvalue weighted by Gasteiger charge is 1.96. The van der Waals surface area contributed by atoms with Gasteiger partial charge in [-0.3, -0.25) is 4.79 Å². The quantitative estimate of drug-likeness (QED) is 0.758. The van der Waals surface area contributed by atoms with Gasteiger partial charge in [0.2, 0.25) is 6.41 Å². The number of rotatable bonds is 2. The molecule has 0 saturated heterocycles. The predicted octanol–water partition coefficient (Wildman–Crippen LogP) is 3.82. The number of fused-ring (bicyclic) bond motifs is 1. The molecule has 0 aliphatic rings. The summed E-state index contributed by atoms with van der Waals surface area (Å²) < 4.78 is 0. The molecule has 0 radical (unpaired) electrons. The maximum absolute atomic E-state index is 10.3. The Bertz CT molecular complexity index is 446. The molecule has 1 amide bonds. The largest absolute Gasteiger partial charge is 0.328 e. The second kappa shape index (κ2) is 6.62. The Labute approximate surface area is 96.3 Å². The van der Waals surface area contributed by atoms with Gasteiger partial charge >= 0.3 is 0 Å². The van der Waals surface area contributed by atoms with E-state index in [1.807, 2.05) is 42.5 Å². The summed E-state index contributed by atoms with van der Waals surface area (Å²) in [6.07, 6.45) is 1.95. The molecule has 1 N–H and O–H groups in total. The number of amides is 1. The SMILES string of the molecule is CCC.O=CNc1cccc2ccccc12. The minimum absolute atomic E-state index is 0.696. The smallest absolute Gasteiger partial charge is 0.211 e. The van der Waals surface area contributed by atoms with Crippen LogP contribution >= 0.6 is 0 Å². The zero-order valence-electron chi connectivity index (χ0n) is 9.73. The Morgan fingerprint density at radius 2 is 1.69 bits per heavy atom. The molecule has 2 heteroatoms. The van der Waals surface area contributed by atoms with E-state index in [9.17, 15) is 4.79 Å². The van der Waals surface area contributed by atoms with E-state index in [0.29, 0.717) is 6.41 Å². The topological polar surface area (TPSA) is 29.1 Å². The van der Waals surface area contributed by atoms with E-state index in [1.54, 1.807) is 0 Å². The highest BCUT2D eigenvalue weighted by Crippen LogP contribution is 2.21. The van der Waals surface area contributed by atoms with Gasteiger partial charge in [-0.15, -0.1) is 0 Å². The summed E-state index contributed by atoms with van der Waals surface area (Å²) in [7, 11) is 0. The zero-order valence-corrected chi connectivity index (χ0v) is 9.73. The zero-order chi connectivity index (χ0) is 11.8. The lowest BCUT2D eigenvalue weighted by molar-refractivity contribution is -0.105. The summed E-state index contributed by atoms with van der Waals surface area (Å²) >= 11 is 0. The molecule has 0 aromatic heterocycles. The van der Waals surface area contributed by atoms with Crippen LogP contribution in [0, 0.1) is 0 Å². The third-order valence-corrected chi connectivity index (χ3v) is 2.00. The van der Waals surface area contributed by atoms with Crippen molar-refractivity contribution in [2.75, 3.05) is 5.32 Å². The van der Waals surface area contributed by atoms with Crippen LogP contribution in [0.25, 0.3) is 10.8 Å². The van der Waals surface area contributed by atoms with Crippen LogP contribution in [0.5, 0.6) is 0 Å². The van der Waals surface area contributed by atoms with Crippen molar-refractivity contribution in [3.63, 3.8) is 0 Å². The molecule has 0 spiro atoms. The molecule has 0 fully saturated rings. The second-order valence-electron chi connectivity index (χ2n) is 3.50. The third-order valence-electron chi connectivity index (χ3n) is 2.00. The highest BCUT2D eigenvalue weighted by molar-refractivity contribution is 5.97. The van der Waals surface area contributed by atoms with Crippen molar-refractivity contribution >= 4 is 22.9 Å². The van der Waals surface area contributed by atoms with Gasteiger partial charge in [0.25, 0.3) is 0 Å². The molecule has 0 saturated carbocycles. The highest BCUT2D eigenvalue weighted by atomic mass is 16.1. The summed E-state index contributed by atoms with van der Waals surface area (Å²) in [6, 6.07) is 13.8. The molecule has 2 rings (SSSR count). The van der Waals surface area contributed by atoms with Crippen LogP contribution in [0.4, 0.5) is 5.69 Å². The lowest BCUT2D eigenvalue weighted by Gasteiger charge is -2.03. The Morgan fingerprint density at radius 3 is 2.38 bits per heavy atom. The van der Waals surface area contributed by atoms with Gasteiger partial charge in [0.1, 0.15) is 0 Å². The molecule has 0 atom stereocenters. The van der Waals surface area contributed by atoms with E-state index < -0.39 is 0 Å². The Hall–Kier alpha value is -1.83. The number of hydrogen-bond acceptors (Lipinski definition) is 1. The predicted molar refractivity (Wildman–Crippen MR) is 69.6 cm³/mol. The van der Waals surface area contributed by atoms with Crippen molar-refractivity contribution in [2.24, 2.45) is 0 Å². The summed E-state index contributed by atoms with van der Waals surface area (Å²) in [5.74, 6) is 0. The summed E-state index contributed by atoms with van der Waals surface area (Å²) in [4.78, 5) is 10.3. The van der Waals surface area contributed by atoms with Crippen molar-refractivity contribution < 1.29 is 4.79 Å². The van der Waals surface area contributed by atoms with E-state index in [-0.39, 0.29) is 0 Å². The average molecular weight is 215 g/mol. The van der Waals surface area contributed by atoms with Crippen LogP contribution < -0.4 is 5.32 Å². The average Bonchev–Trinajstić information content (AvgIpc) is 2.31. The number of carbonyl (C=O) groups excluding carboxylic acids is 1. The first kappa shape index (κ1) is 12.2. The van der Waals surface area contributed by atoms with Crippen LogP contribution in [0.15, 0.2) is 42.5 Å². The van der Waals surface area contributed by atoms with E-state index in [1.165, 1.54) is 6.42 Å². The van der Waals surface area contributed by atoms with Gasteiger partial charge in [0, 0.05) is 11.1 Å². The fourth-order valence-corrected chi connectivity index (χ4v) is 1.41. The molecule has 0 aliphatic heterocycles. The van der Waals surface area contributed by atoms with Crippen molar-refractivity contribution in [3.8, 4) is 0 Å². The number of benzene rings is 2. The first-order valence-corrected chi connectivity index (χ1v) is 5.51. The maximum Gasteiger partial charge on any atom is 0.211 e.